The predicted octanol–water partition coefficient (Wildman–Crippen LogP) is 3.10. The Balaban J connectivity index is 1.85. The molecule has 0 amide bonds. The number of rotatable bonds is 7. The Morgan fingerprint density at radius 3 is 2.84 bits per heavy atom. The summed E-state index contributed by atoms with van der Waals surface area (Å²) < 4.78 is 15.6. The van der Waals surface area contributed by atoms with Crippen LogP contribution in [0.25, 0.3) is 0 Å². The molecule has 1 heterocycles. The number of esters is 1. The summed E-state index contributed by atoms with van der Waals surface area (Å²) in [6, 6.07) is 7.67. The number of nitrogens with zero attached hydrogens (tertiary/aromatic N) is 2. The number of methoxy groups -OCH3 is 1. The maximum absolute atomic E-state index is 12.1. The summed E-state index contributed by atoms with van der Waals surface area (Å²) in [5.41, 5.74) is 2.08. The fourth-order valence-corrected chi connectivity index (χ4v) is 3.13. The van der Waals surface area contributed by atoms with Gasteiger partial charge >= 0.3 is 5.97 Å². The summed E-state index contributed by atoms with van der Waals surface area (Å²) in [6.07, 6.45) is 4.30. The standard InChI is InChI=1S/C19H22N2O4/c1-3-24-19(22)16-7-6-15(8-18(16)25-12-23-2)21-10-14(9-20)17(11-21)13-4-5-13/h6-8,10,13,17H,3-5,11-12H2,1-2H3. The lowest BCUT2D eigenvalue weighted by molar-refractivity contribution is 0.0438. The van der Waals surface area contributed by atoms with Crippen molar-refractivity contribution in [3.63, 3.8) is 0 Å². The molecule has 1 aliphatic carbocycles. The van der Waals surface area contributed by atoms with Crippen LogP contribution in [0.4, 0.5) is 5.69 Å². The van der Waals surface area contributed by atoms with E-state index in [1.165, 1.54) is 20.0 Å². The second-order valence-corrected chi connectivity index (χ2v) is 6.24. The molecular formula is C19H22N2O4. The third-order valence-corrected chi connectivity index (χ3v) is 4.53. The van der Waals surface area contributed by atoms with Gasteiger partial charge in [-0.3, -0.25) is 0 Å². The lowest BCUT2D eigenvalue weighted by Gasteiger charge is -2.20. The van der Waals surface area contributed by atoms with Gasteiger partial charge in [0.2, 0.25) is 0 Å². The van der Waals surface area contributed by atoms with E-state index >= 15 is 0 Å². The van der Waals surface area contributed by atoms with Crippen LogP contribution in [0.15, 0.2) is 30.0 Å². The molecular weight excluding hydrogens is 320 g/mol. The van der Waals surface area contributed by atoms with Crippen molar-refractivity contribution < 1.29 is 19.0 Å². The fraction of sp³-hybridized carbons (Fsp3) is 0.474. The van der Waals surface area contributed by atoms with Crippen molar-refractivity contribution in [2.75, 3.05) is 32.0 Å². The molecule has 1 saturated carbocycles. The van der Waals surface area contributed by atoms with Crippen LogP contribution in [0.2, 0.25) is 0 Å². The molecule has 6 heteroatoms. The van der Waals surface area contributed by atoms with Crippen LogP contribution in [0.3, 0.4) is 0 Å². The largest absolute Gasteiger partial charge is 0.467 e. The average molecular weight is 342 g/mol. The zero-order valence-corrected chi connectivity index (χ0v) is 14.5. The number of ether oxygens (including phenoxy) is 3. The molecule has 0 spiro atoms. The van der Waals surface area contributed by atoms with E-state index in [4.69, 9.17) is 14.2 Å². The van der Waals surface area contributed by atoms with E-state index in [1.54, 1.807) is 19.1 Å². The van der Waals surface area contributed by atoms with E-state index in [1.807, 2.05) is 12.3 Å². The summed E-state index contributed by atoms with van der Waals surface area (Å²) >= 11 is 0. The van der Waals surface area contributed by atoms with E-state index < -0.39 is 5.97 Å². The van der Waals surface area contributed by atoms with Crippen LogP contribution >= 0.6 is 0 Å². The third kappa shape index (κ3) is 3.77. The number of hydrogen-bond donors (Lipinski definition) is 0. The number of benzene rings is 1. The van der Waals surface area contributed by atoms with Crippen LogP contribution in [0.5, 0.6) is 5.75 Å². The second kappa shape index (κ2) is 7.58. The van der Waals surface area contributed by atoms with Crippen molar-refractivity contribution in [1.82, 2.24) is 0 Å². The van der Waals surface area contributed by atoms with E-state index in [0.717, 1.165) is 17.8 Å². The molecule has 1 atom stereocenters. The highest BCUT2D eigenvalue weighted by Gasteiger charge is 2.38. The number of carbonyl (C=O) groups is 1. The molecule has 1 aliphatic heterocycles. The molecule has 0 bridgehead atoms. The van der Waals surface area contributed by atoms with Crippen molar-refractivity contribution in [2.24, 2.45) is 11.8 Å². The molecule has 1 unspecified atom stereocenters. The molecule has 0 saturated heterocycles. The molecule has 1 aromatic carbocycles. The van der Waals surface area contributed by atoms with Crippen molar-refractivity contribution >= 4 is 11.7 Å². The molecule has 1 fully saturated rings. The maximum atomic E-state index is 12.1. The van der Waals surface area contributed by atoms with Gasteiger partial charge in [0.1, 0.15) is 11.3 Å². The van der Waals surface area contributed by atoms with Crippen LogP contribution in [-0.2, 0) is 9.47 Å². The van der Waals surface area contributed by atoms with Crippen LogP contribution < -0.4 is 9.64 Å². The Morgan fingerprint density at radius 1 is 1.40 bits per heavy atom. The Kier molecular flexibility index (Phi) is 5.25. The van der Waals surface area contributed by atoms with Crippen molar-refractivity contribution in [3.05, 3.63) is 35.5 Å². The third-order valence-electron chi connectivity index (χ3n) is 4.53. The topological polar surface area (TPSA) is 71.8 Å². The summed E-state index contributed by atoms with van der Waals surface area (Å²) in [5.74, 6) is 0.919. The number of carbonyl (C=O) groups excluding carboxylic acids is 1. The normalized spacial score (nSPS) is 19.3. The van der Waals surface area contributed by atoms with Gasteiger partial charge in [0, 0.05) is 37.5 Å². The van der Waals surface area contributed by atoms with Crippen LogP contribution in [0.1, 0.15) is 30.1 Å². The van der Waals surface area contributed by atoms with Gasteiger partial charge in [-0.05, 0) is 37.8 Å². The van der Waals surface area contributed by atoms with Gasteiger partial charge in [-0.2, -0.15) is 5.26 Å². The lowest BCUT2D eigenvalue weighted by Crippen LogP contribution is -2.19. The first-order valence-electron chi connectivity index (χ1n) is 8.49. The second-order valence-electron chi connectivity index (χ2n) is 6.24. The lowest BCUT2D eigenvalue weighted by atomic mass is 9.98. The zero-order valence-electron chi connectivity index (χ0n) is 14.5. The molecule has 0 aromatic heterocycles. The molecule has 6 nitrogen and oxygen atoms in total. The summed E-state index contributed by atoms with van der Waals surface area (Å²) in [4.78, 5) is 14.1. The van der Waals surface area contributed by atoms with Crippen LogP contribution in [0, 0.1) is 23.2 Å². The summed E-state index contributed by atoms with van der Waals surface area (Å²) in [5, 5.41) is 9.38. The van der Waals surface area contributed by atoms with Gasteiger partial charge in [0.05, 0.1) is 18.2 Å². The Morgan fingerprint density at radius 2 is 2.20 bits per heavy atom. The van der Waals surface area contributed by atoms with Gasteiger partial charge in [-0.15, -0.1) is 0 Å². The van der Waals surface area contributed by atoms with Gasteiger partial charge < -0.3 is 19.1 Å². The molecule has 1 aromatic rings. The minimum Gasteiger partial charge on any atom is -0.467 e. The van der Waals surface area contributed by atoms with E-state index in [2.05, 4.69) is 11.0 Å². The van der Waals surface area contributed by atoms with Crippen molar-refractivity contribution in [1.29, 1.82) is 5.26 Å². The van der Waals surface area contributed by atoms with E-state index in [0.29, 0.717) is 29.8 Å². The first-order chi connectivity index (χ1) is 12.2. The fourth-order valence-electron chi connectivity index (χ4n) is 3.13. The highest BCUT2D eigenvalue weighted by molar-refractivity contribution is 5.93. The summed E-state index contributed by atoms with van der Waals surface area (Å²) in [6.45, 7) is 2.89. The molecule has 3 rings (SSSR count). The Bertz CT molecular complexity index is 719. The first-order valence-corrected chi connectivity index (χ1v) is 8.49. The summed E-state index contributed by atoms with van der Waals surface area (Å²) in [7, 11) is 1.52. The van der Waals surface area contributed by atoms with Crippen LogP contribution in [-0.4, -0.2) is 33.0 Å². The molecule has 0 N–H and O–H groups in total. The van der Waals surface area contributed by atoms with Crippen molar-refractivity contribution in [2.45, 2.75) is 19.8 Å². The number of hydrogen-bond acceptors (Lipinski definition) is 6. The molecule has 25 heavy (non-hydrogen) atoms. The highest BCUT2D eigenvalue weighted by Crippen LogP contribution is 2.44. The SMILES string of the molecule is CCOC(=O)c1ccc(N2C=C(C#N)C(C3CC3)C2)cc1OCOC. The minimum atomic E-state index is -0.425. The quantitative estimate of drug-likeness (QED) is 0.560. The number of anilines is 1. The maximum Gasteiger partial charge on any atom is 0.341 e. The predicted molar refractivity (Wildman–Crippen MR) is 92.2 cm³/mol. The number of nitriles is 1. The van der Waals surface area contributed by atoms with Gasteiger partial charge in [-0.1, -0.05) is 0 Å². The zero-order chi connectivity index (χ0) is 17.8. The Hall–Kier alpha value is -2.52. The smallest absolute Gasteiger partial charge is 0.341 e. The van der Waals surface area contributed by atoms with E-state index in [-0.39, 0.29) is 6.79 Å². The minimum absolute atomic E-state index is 0.0415. The van der Waals surface area contributed by atoms with Gasteiger partial charge in [0.25, 0.3) is 0 Å². The van der Waals surface area contributed by atoms with E-state index in [9.17, 15) is 10.1 Å². The van der Waals surface area contributed by atoms with Gasteiger partial charge in [0.15, 0.2) is 6.79 Å². The first kappa shape index (κ1) is 17.3. The molecule has 2 aliphatic rings. The highest BCUT2D eigenvalue weighted by atomic mass is 16.7. The van der Waals surface area contributed by atoms with Crippen molar-refractivity contribution in [3.8, 4) is 11.8 Å². The monoisotopic (exact) mass is 342 g/mol. The Labute approximate surface area is 147 Å². The van der Waals surface area contributed by atoms with Gasteiger partial charge in [-0.25, -0.2) is 4.79 Å². The average Bonchev–Trinajstić information content (AvgIpc) is 3.38. The molecule has 0 radical (unpaired) electrons. The molecule has 132 valence electrons.